The quantitative estimate of drug-likeness (QED) is 0.513. The fourth-order valence-corrected chi connectivity index (χ4v) is 4.22. The molecule has 3 aromatic rings. The number of nitrogens with zero attached hydrogens (tertiary/aromatic N) is 3. The molecule has 1 atom stereocenters. The average Bonchev–Trinajstić information content (AvgIpc) is 3.28. The molecule has 1 amide bonds. The smallest absolute Gasteiger partial charge is 0.238 e. The van der Waals surface area contributed by atoms with Crippen LogP contribution in [0.25, 0.3) is 10.9 Å². The van der Waals surface area contributed by atoms with Crippen molar-refractivity contribution in [3.05, 3.63) is 53.1 Å². The van der Waals surface area contributed by atoms with Crippen molar-refractivity contribution in [2.75, 3.05) is 25.5 Å². The Bertz CT molecular complexity index is 1230. The molecule has 2 N–H and O–H groups in total. The number of carbonyl (C=O) groups is 1. The Morgan fingerprint density at radius 3 is 2.97 bits per heavy atom. The molecule has 33 heavy (non-hydrogen) atoms. The minimum Gasteiger partial charge on any atom is -0.496 e. The second-order valence-corrected chi connectivity index (χ2v) is 8.11. The third kappa shape index (κ3) is 5.00. The van der Waals surface area contributed by atoms with E-state index < -0.39 is 5.82 Å². The number of methoxy groups -OCH3 is 1. The number of benzene rings is 2. The van der Waals surface area contributed by atoms with Gasteiger partial charge >= 0.3 is 0 Å². The zero-order chi connectivity index (χ0) is 23.4. The number of nitrogens with one attached hydrogen (secondary N) is 2. The van der Waals surface area contributed by atoms with Crippen molar-refractivity contribution in [2.24, 2.45) is 0 Å². The molecule has 1 saturated heterocycles. The van der Waals surface area contributed by atoms with E-state index in [1.54, 1.807) is 13.2 Å². The average molecular weight is 468 g/mol. The van der Waals surface area contributed by atoms with Gasteiger partial charge in [0.05, 0.1) is 30.2 Å². The van der Waals surface area contributed by atoms with Crippen LogP contribution in [0.5, 0.6) is 5.75 Å². The normalized spacial score (nSPS) is 15.9. The maximum atomic E-state index is 13.5. The van der Waals surface area contributed by atoms with Crippen molar-refractivity contribution < 1.29 is 13.9 Å². The number of terminal acetylenes is 1. The summed E-state index contributed by atoms with van der Waals surface area (Å²) in [4.78, 5) is 23.4. The van der Waals surface area contributed by atoms with Gasteiger partial charge in [0.1, 0.15) is 23.7 Å². The molecule has 9 heteroatoms. The van der Waals surface area contributed by atoms with E-state index in [-0.39, 0.29) is 23.5 Å². The number of ether oxygens (including phenoxy) is 1. The molecule has 2 heterocycles. The molecule has 1 aliphatic heterocycles. The number of hydrogen-bond acceptors (Lipinski definition) is 6. The van der Waals surface area contributed by atoms with Gasteiger partial charge in [0.25, 0.3) is 0 Å². The van der Waals surface area contributed by atoms with E-state index in [2.05, 4.69) is 31.4 Å². The second kappa shape index (κ2) is 10.0. The zero-order valence-corrected chi connectivity index (χ0v) is 18.8. The lowest BCUT2D eigenvalue weighted by molar-refractivity contribution is -0.125. The molecule has 0 radical (unpaired) electrons. The molecule has 1 fully saturated rings. The van der Waals surface area contributed by atoms with Crippen molar-refractivity contribution in [2.45, 2.75) is 25.4 Å². The zero-order valence-electron chi connectivity index (χ0n) is 18.1. The summed E-state index contributed by atoms with van der Waals surface area (Å²) < 4.78 is 19.2. The predicted octanol–water partition coefficient (Wildman–Crippen LogP) is 3.89. The lowest BCUT2D eigenvalue weighted by Crippen LogP contribution is -2.43. The minimum absolute atomic E-state index is 0.0175. The lowest BCUT2D eigenvalue weighted by atomic mass is 10.1. The maximum absolute atomic E-state index is 13.5. The summed E-state index contributed by atoms with van der Waals surface area (Å²) in [5.41, 5.74) is 2.19. The molecule has 0 unspecified atom stereocenters. The highest BCUT2D eigenvalue weighted by Gasteiger charge is 2.31. The highest BCUT2D eigenvalue weighted by molar-refractivity contribution is 6.31. The van der Waals surface area contributed by atoms with Crippen LogP contribution in [-0.2, 0) is 11.3 Å². The summed E-state index contributed by atoms with van der Waals surface area (Å²) in [6.07, 6.45) is 8.41. The van der Waals surface area contributed by atoms with E-state index in [1.807, 2.05) is 12.1 Å². The van der Waals surface area contributed by atoms with E-state index in [4.69, 9.17) is 22.8 Å². The van der Waals surface area contributed by atoms with E-state index in [1.165, 1.54) is 18.5 Å². The van der Waals surface area contributed by atoms with Gasteiger partial charge in [-0.15, -0.1) is 6.42 Å². The molecule has 170 valence electrons. The van der Waals surface area contributed by atoms with Gasteiger partial charge in [-0.2, -0.15) is 0 Å². The first kappa shape index (κ1) is 22.8. The van der Waals surface area contributed by atoms with Crippen molar-refractivity contribution in [1.82, 2.24) is 20.2 Å². The van der Waals surface area contributed by atoms with Crippen molar-refractivity contribution in [3.8, 4) is 18.1 Å². The molecule has 0 bridgehead atoms. The summed E-state index contributed by atoms with van der Waals surface area (Å²) in [5.74, 6) is 3.10. The van der Waals surface area contributed by atoms with Gasteiger partial charge in [-0.3, -0.25) is 9.69 Å². The first-order valence-electron chi connectivity index (χ1n) is 10.5. The summed E-state index contributed by atoms with van der Waals surface area (Å²) in [7, 11) is 1.60. The van der Waals surface area contributed by atoms with E-state index in [0.717, 1.165) is 30.3 Å². The monoisotopic (exact) mass is 467 g/mol. The Labute approximate surface area is 196 Å². The molecule has 4 rings (SSSR count). The van der Waals surface area contributed by atoms with E-state index >= 15 is 0 Å². The molecule has 0 saturated carbocycles. The van der Waals surface area contributed by atoms with Gasteiger partial charge in [-0.1, -0.05) is 17.5 Å². The Morgan fingerprint density at radius 2 is 2.21 bits per heavy atom. The number of likely N-dealkylation sites (tertiary alicyclic amines) is 1. The topological polar surface area (TPSA) is 79.4 Å². The Kier molecular flexibility index (Phi) is 6.92. The number of amides is 1. The largest absolute Gasteiger partial charge is 0.496 e. The SMILES string of the molecule is C#CCNC(=O)[C@H]1CCCN1Cc1cc2c(Nc3ccc(F)c(Cl)c3)ncnc2cc1OC. The van der Waals surface area contributed by atoms with E-state index in [0.29, 0.717) is 29.3 Å². The van der Waals surface area contributed by atoms with Crippen LogP contribution in [0.2, 0.25) is 5.02 Å². The van der Waals surface area contributed by atoms with Crippen LogP contribution in [0.4, 0.5) is 15.9 Å². The van der Waals surface area contributed by atoms with Crippen molar-refractivity contribution in [1.29, 1.82) is 0 Å². The number of halogens is 2. The maximum Gasteiger partial charge on any atom is 0.238 e. The standard InChI is InChI=1S/C24H23ClFN5O2/c1-3-8-27-24(32)21-5-4-9-31(21)13-15-10-17-20(12-22(15)33-2)28-14-29-23(17)30-16-6-7-19(26)18(25)11-16/h1,6-7,10-12,14,21H,4-5,8-9,13H2,2H3,(H,27,32)(H,28,29,30)/t21-/m1/s1. The summed E-state index contributed by atoms with van der Waals surface area (Å²) in [5, 5.41) is 6.74. The van der Waals surface area contributed by atoms with Crippen LogP contribution in [-0.4, -0.2) is 47.0 Å². The van der Waals surface area contributed by atoms with Gasteiger partial charge in [0.15, 0.2) is 0 Å². The third-order valence-electron chi connectivity index (χ3n) is 5.62. The third-order valence-corrected chi connectivity index (χ3v) is 5.91. The summed E-state index contributed by atoms with van der Waals surface area (Å²) in [6, 6.07) is 7.93. The Balaban J connectivity index is 1.65. The number of aromatic nitrogens is 2. The second-order valence-electron chi connectivity index (χ2n) is 7.71. The molecular formula is C24H23ClFN5O2. The van der Waals surface area contributed by atoms with Crippen LogP contribution < -0.4 is 15.4 Å². The highest BCUT2D eigenvalue weighted by atomic mass is 35.5. The predicted molar refractivity (Wildman–Crippen MR) is 126 cm³/mol. The molecule has 1 aliphatic rings. The van der Waals surface area contributed by atoms with E-state index in [9.17, 15) is 9.18 Å². The number of fused-ring (bicyclic) bond motifs is 1. The molecule has 0 aliphatic carbocycles. The van der Waals surface area contributed by atoms with Gasteiger partial charge < -0.3 is 15.4 Å². The molecule has 7 nitrogen and oxygen atoms in total. The molecule has 2 aromatic carbocycles. The number of hydrogen-bond donors (Lipinski definition) is 2. The van der Waals surface area contributed by atoms with Gasteiger partial charge in [-0.05, 0) is 43.7 Å². The van der Waals surface area contributed by atoms with Crippen LogP contribution in [0.1, 0.15) is 18.4 Å². The van der Waals surface area contributed by atoms with Crippen LogP contribution in [0.3, 0.4) is 0 Å². The first-order chi connectivity index (χ1) is 16.0. The summed E-state index contributed by atoms with van der Waals surface area (Å²) >= 11 is 5.92. The minimum atomic E-state index is -0.492. The lowest BCUT2D eigenvalue weighted by Gasteiger charge is -2.24. The fraction of sp³-hybridized carbons (Fsp3) is 0.292. The molecule has 0 spiro atoms. The molecule has 1 aromatic heterocycles. The van der Waals surface area contributed by atoms with Crippen LogP contribution >= 0.6 is 11.6 Å². The molecular weight excluding hydrogens is 445 g/mol. The van der Waals surface area contributed by atoms with Crippen molar-refractivity contribution in [3.63, 3.8) is 0 Å². The van der Waals surface area contributed by atoms with Gasteiger partial charge in [-0.25, -0.2) is 14.4 Å². The number of carbonyl (C=O) groups excluding carboxylic acids is 1. The first-order valence-corrected chi connectivity index (χ1v) is 10.9. The van der Waals surface area contributed by atoms with Crippen molar-refractivity contribution >= 4 is 39.9 Å². The van der Waals surface area contributed by atoms with Gasteiger partial charge in [0.2, 0.25) is 5.91 Å². The number of rotatable bonds is 7. The van der Waals surface area contributed by atoms with Crippen LogP contribution in [0, 0.1) is 18.2 Å². The van der Waals surface area contributed by atoms with Gasteiger partial charge in [0, 0.05) is 29.2 Å². The number of anilines is 2. The fourth-order valence-electron chi connectivity index (χ4n) is 4.04. The highest BCUT2D eigenvalue weighted by Crippen LogP contribution is 2.32. The summed E-state index contributed by atoms with van der Waals surface area (Å²) in [6.45, 7) is 1.52. The van der Waals surface area contributed by atoms with Crippen LogP contribution in [0.15, 0.2) is 36.7 Å². The Morgan fingerprint density at radius 1 is 1.36 bits per heavy atom. The Hall–Kier alpha value is -3.41.